The number of nitrogens with zero attached hydrogens (tertiary/aromatic N) is 1. The summed E-state index contributed by atoms with van der Waals surface area (Å²) < 4.78 is 11.6. The fraction of sp³-hybridized carbons (Fsp3) is 0.160. The number of oxazole rings is 1. The van der Waals surface area contributed by atoms with E-state index in [1.807, 2.05) is 24.3 Å². The van der Waals surface area contributed by atoms with Gasteiger partial charge in [-0.1, -0.05) is 46.9 Å². The molecule has 0 fully saturated rings. The van der Waals surface area contributed by atoms with Gasteiger partial charge in [0.15, 0.2) is 22.2 Å². The van der Waals surface area contributed by atoms with E-state index in [1.165, 1.54) is 0 Å². The molecule has 6 nitrogen and oxygen atoms in total. The fourth-order valence-electron chi connectivity index (χ4n) is 3.22. The van der Waals surface area contributed by atoms with Crippen LogP contribution >= 0.6 is 47.0 Å². The molecule has 0 bridgehead atoms. The van der Waals surface area contributed by atoms with Gasteiger partial charge in [0.2, 0.25) is 0 Å². The summed E-state index contributed by atoms with van der Waals surface area (Å²) in [5.41, 5.74) is 1.64. The smallest absolute Gasteiger partial charge is 0.269 e. The highest BCUT2D eigenvalue weighted by atomic mass is 35.5. The fourth-order valence-corrected chi connectivity index (χ4v) is 4.08. The Labute approximate surface area is 222 Å². The Morgan fingerprint density at radius 3 is 2.40 bits per heavy atom. The number of hydrogen-bond donors (Lipinski definition) is 2. The first-order valence-corrected chi connectivity index (χ1v) is 12.0. The highest BCUT2D eigenvalue weighted by Crippen LogP contribution is 2.29. The van der Waals surface area contributed by atoms with Gasteiger partial charge in [-0.3, -0.25) is 10.1 Å². The van der Waals surface area contributed by atoms with Crippen molar-refractivity contribution in [3.05, 3.63) is 87.2 Å². The standard InChI is InChI=1S/C25H20Cl3N3O3S/c1-25(2,34-18-9-5-15(26)6-10-18)23(32)31-24(35)29-17-7-3-14(4-8-17)11-21-30-20-13-16(27)12-19(28)22(20)33-21/h3-10,12-13H,11H2,1-2H3,(H2,29,31,32,35). The van der Waals surface area contributed by atoms with Crippen molar-refractivity contribution in [3.8, 4) is 5.75 Å². The summed E-state index contributed by atoms with van der Waals surface area (Å²) in [6.45, 7) is 3.31. The van der Waals surface area contributed by atoms with Crippen LogP contribution in [0.1, 0.15) is 25.3 Å². The van der Waals surface area contributed by atoms with Crippen molar-refractivity contribution in [1.29, 1.82) is 0 Å². The molecule has 180 valence electrons. The molecule has 1 aromatic heterocycles. The van der Waals surface area contributed by atoms with E-state index in [-0.39, 0.29) is 5.11 Å². The molecule has 35 heavy (non-hydrogen) atoms. The third kappa shape index (κ3) is 6.44. The molecule has 0 aliphatic carbocycles. The van der Waals surface area contributed by atoms with E-state index in [1.54, 1.807) is 50.2 Å². The van der Waals surface area contributed by atoms with Crippen LogP contribution in [0.2, 0.25) is 15.1 Å². The first-order chi connectivity index (χ1) is 16.6. The molecule has 0 radical (unpaired) electrons. The van der Waals surface area contributed by atoms with Crippen LogP contribution in [0.15, 0.2) is 65.1 Å². The van der Waals surface area contributed by atoms with Gasteiger partial charge >= 0.3 is 0 Å². The zero-order chi connectivity index (χ0) is 25.2. The predicted molar refractivity (Wildman–Crippen MR) is 144 cm³/mol. The summed E-state index contributed by atoms with van der Waals surface area (Å²) in [6, 6.07) is 17.6. The Morgan fingerprint density at radius 2 is 1.71 bits per heavy atom. The highest BCUT2D eigenvalue weighted by Gasteiger charge is 2.30. The van der Waals surface area contributed by atoms with Gasteiger partial charge in [0, 0.05) is 22.2 Å². The van der Waals surface area contributed by atoms with Gasteiger partial charge in [-0.2, -0.15) is 0 Å². The van der Waals surface area contributed by atoms with E-state index in [0.717, 1.165) is 5.56 Å². The lowest BCUT2D eigenvalue weighted by Gasteiger charge is -2.25. The molecule has 0 saturated heterocycles. The molecule has 1 amide bonds. The van der Waals surface area contributed by atoms with Crippen molar-refractivity contribution >= 4 is 74.8 Å². The maximum atomic E-state index is 12.7. The van der Waals surface area contributed by atoms with E-state index in [2.05, 4.69) is 15.6 Å². The number of anilines is 1. The summed E-state index contributed by atoms with van der Waals surface area (Å²) in [6.07, 6.45) is 0.473. The number of aromatic nitrogens is 1. The molecule has 3 aromatic carbocycles. The number of ether oxygens (including phenoxy) is 1. The van der Waals surface area contributed by atoms with Gasteiger partial charge in [0.05, 0.1) is 5.02 Å². The Hall–Kier alpha value is -2.84. The molecule has 2 N–H and O–H groups in total. The summed E-state index contributed by atoms with van der Waals surface area (Å²) in [5, 5.41) is 7.32. The second-order valence-corrected chi connectivity index (χ2v) is 9.88. The lowest BCUT2D eigenvalue weighted by molar-refractivity contribution is -0.132. The minimum atomic E-state index is -1.16. The quantitative estimate of drug-likeness (QED) is 0.251. The van der Waals surface area contributed by atoms with Crippen LogP contribution < -0.4 is 15.4 Å². The first-order valence-electron chi connectivity index (χ1n) is 10.5. The molecule has 0 atom stereocenters. The molecule has 0 saturated carbocycles. The van der Waals surface area contributed by atoms with Crippen LogP contribution in [0.4, 0.5) is 5.69 Å². The number of rotatable bonds is 6. The van der Waals surface area contributed by atoms with Gasteiger partial charge in [-0.05, 0) is 80.2 Å². The lowest BCUT2D eigenvalue weighted by atomic mass is 10.1. The monoisotopic (exact) mass is 547 g/mol. The zero-order valence-electron chi connectivity index (χ0n) is 18.7. The summed E-state index contributed by atoms with van der Waals surface area (Å²) in [7, 11) is 0. The predicted octanol–water partition coefficient (Wildman–Crippen LogP) is 7.05. The van der Waals surface area contributed by atoms with Gasteiger partial charge in [0.1, 0.15) is 11.3 Å². The lowest BCUT2D eigenvalue weighted by Crippen LogP contribution is -2.49. The number of carbonyl (C=O) groups excluding carboxylic acids is 1. The van der Waals surface area contributed by atoms with Crippen molar-refractivity contribution in [2.24, 2.45) is 0 Å². The van der Waals surface area contributed by atoms with Crippen LogP contribution in [0.3, 0.4) is 0 Å². The van der Waals surface area contributed by atoms with Gasteiger partial charge in [0.25, 0.3) is 5.91 Å². The molecule has 4 rings (SSSR count). The van der Waals surface area contributed by atoms with E-state index < -0.39 is 11.5 Å². The highest BCUT2D eigenvalue weighted by molar-refractivity contribution is 7.80. The minimum absolute atomic E-state index is 0.154. The molecule has 4 aromatic rings. The maximum Gasteiger partial charge on any atom is 0.269 e. The first kappa shape index (κ1) is 25.3. The number of amides is 1. The molecule has 0 spiro atoms. The molecule has 0 unspecified atom stereocenters. The average molecular weight is 549 g/mol. The van der Waals surface area contributed by atoms with Gasteiger partial charge in [-0.15, -0.1) is 0 Å². The largest absolute Gasteiger partial charge is 0.478 e. The summed E-state index contributed by atoms with van der Waals surface area (Å²) in [5.74, 6) is 0.653. The van der Waals surface area contributed by atoms with E-state index in [9.17, 15) is 4.79 Å². The minimum Gasteiger partial charge on any atom is -0.478 e. The summed E-state index contributed by atoms with van der Waals surface area (Å²) >= 11 is 23.4. The second kappa shape index (κ2) is 10.4. The van der Waals surface area contributed by atoms with Gasteiger partial charge in [-0.25, -0.2) is 4.98 Å². The molecule has 1 heterocycles. The molecule has 10 heteroatoms. The Morgan fingerprint density at radius 1 is 1.03 bits per heavy atom. The van der Waals surface area contributed by atoms with E-state index >= 15 is 0 Å². The number of hydrogen-bond acceptors (Lipinski definition) is 5. The van der Waals surface area contributed by atoms with Crippen LogP contribution in [-0.2, 0) is 11.2 Å². The third-order valence-electron chi connectivity index (χ3n) is 4.98. The second-order valence-electron chi connectivity index (χ2n) is 8.19. The zero-order valence-corrected chi connectivity index (χ0v) is 21.8. The number of benzene rings is 3. The van der Waals surface area contributed by atoms with Crippen LogP contribution in [0, 0.1) is 0 Å². The molecular weight excluding hydrogens is 529 g/mol. The van der Waals surface area contributed by atoms with Crippen molar-refractivity contribution < 1.29 is 13.9 Å². The Kier molecular flexibility index (Phi) is 7.52. The number of thiocarbonyl (C=S) groups is 1. The van der Waals surface area contributed by atoms with Gasteiger partial charge < -0.3 is 14.5 Å². The van der Waals surface area contributed by atoms with Crippen molar-refractivity contribution in [1.82, 2.24) is 10.3 Å². The normalized spacial score (nSPS) is 11.3. The van der Waals surface area contributed by atoms with Crippen LogP contribution in [0.25, 0.3) is 11.1 Å². The topological polar surface area (TPSA) is 76.4 Å². The Bertz CT molecular complexity index is 1390. The van der Waals surface area contributed by atoms with Crippen molar-refractivity contribution in [2.45, 2.75) is 25.9 Å². The van der Waals surface area contributed by atoms with Crippen molar-refractivity contribution in [2.75, 3.05) is 5.32 Å². The number of halogens is 3. The molecular formula is C25H20Cl3N3O3S. The van der Waals surface area contributed by atoms with E-state index in [4.69, 9.17) is 56.2 Å². The number of nitrogens with one attached hydrogen (secondary N) is 2. The number of fused-ring (bicyclic) bond motifs is 1. The number of carbonyl (C=O) groups is 1. The van der Waals surface area contributed by atoms with Crippen molar-refractivity contribution in [3.63, 3.8) is 0 Å². The van der Waals surface area contributed by atoms with Crippen LogP contribution in [0.5, 0.6) is 5.75 Å². The summed E-state index contributed by atoms with van der Waals surface area (Å²) in [4.78, 5) is 17.1. The average Bonchev–Trinajstić information content (AvgIpc) is 3.19. The molecule has 0 aliphatic rings. The molecule has 0 aliphatic heterocycles. The van der Waals surface area contributed by atoms with E-state index in [0.29, 0.717) is 49.9 Å². The maximum absolute atomic E-state index is 12.7. The Balaban J connectivity index is 1.34. The third-order valence-corrected chi connectivity index (χ3v) is 5.94. The SMILES string of the molecule is CC(C)(Oc1ccc(Cl)cc1)C(=O)NC(=S)Nc1ccc(Cc2nc3cc(Cl)cc(Cl)c3o2)cc1. The van der Waals surface area contributed by atoms with Crippen LogP contribution in [-0.4, -0.2) is 21.6 Å².